The number of carboxylic acid groups (broad SMARTS) is 1. The highest BCUT2D eigenvalue weighted by Crippen LogP contribution is 2.34. The van der Waals surface area contributed by atoms with Crippen LogP contribution in [-0.2, 0) is 9.59 Å². The molecule has 0 spiro atoms. The maximum atomic E-state index is 12.7. The SMILES string of the molecule is COc1cc(/C=C2/SC(=S)N(NC(=O)c3cccnc3)C2=O)ccc1OCCC(=O)O. The Morgan fingerprint density at radius 3 is 2.81 bits per heavy atom. The molecular weight excluding hydrogens is 442 g/mol. The zero-order valence-electron chi connectivity index (χ0n) is 16.2. The molecule has 160 valence electrons. The lowest BCUT2D eigenvalue weighted by atomic mass is 10.2. The molecule has 1 aliphatic heterocycles. The van der Waals surface area contributed by atoms with Crippen LogP contribution in [0.2, 0.25) is 0 Å². The number of aromatic nitrogens is 1. The molecule has 31 heavy (non-hydrogen) atoms. The number of rotatable bonds is 8. The van der Waals surface area contributed by atoms with Crippen molar-refractivity contribution in [3.8, 4) is 11.5 Å². The number of methoxy groups -OCH3 is 1. The molecule has 1 aromatic heterocycles. The van der Waals surface area contributed by atoms with E-state index < -0.39 is 17.8 Å². The van der Waals surface area contributed by atoms with Crippen LogP contribution in [0.4, 0.5) is 0 Å². The number of carboxylic acids is 1. The van der Waals surface area contributed by atoms with Gasteiger partial charge >= 0.3 is 5.97 Å². The quantitative estimate of drug-likeness (QED) is 0.453. The lowest BCUT2D eigenvalue weighted by molar-refractivity contribution is -0.137. The van der Waals surface area contributed by atoms with E-state index in [1.165, 1.54) is 19.5 Å². The third kappa shape index (κ3) is 5.58. The number of hydrogen-bond donors (Lipinski definition) is 2. The number of nitrogens with zero attached hydrogens (tertiary/aromatic N) is 2. The molecular formula is C20H17N3O6S2. The van der Waals surface area contributed by atoms with Crippen molar-refractivity contribution in [3.63, 3.8) is 0 Å². The van der Waals surface area contributed by atoms with Crippen LogP contribution in [0.25, 0.3) is 6.08 Å². The molecule has 2 amide bonds. The van der Waals surface area contributed by atoms with Crippen LogP contribution in [0.1, 0.15) is 22.3 Å². The Morgan fingerprint density at radius 2 is 2.13 bits per heavy atom. The molecule has 2 heterocycles. The van der Waals surface area contributed by atoms with Gasteiger partial charge in [0, 0.05) is 12.4 Å². The summed E-state index contributed by atoms with van der Waals surface area (Å²) in [5.41, 5.74) is 3.42. The largest absolute Gasteiger partial charge is 0.493 e. The van der Waals surface area contributed by atoms with Gasteiger partial charge in [0.1, 0.15) is 0 Å². The minimum Gasteiger partial charge on any atom is -0.493 e. The molecule has 11 heteroatoms. The summed E-state index contributed by atoms with van der Waals surface area (Å²) in [5, 5.41) is 9.73. The summed E-state index contributed by atoms with van der Waals surface area (Å²) >= 11 is 6.27. The van der Waals surface area contributed by atoms with Crippen LogP contribution >= 0.6 is 24.0 Å². The van der Waals surface area contributed by atoms with Crippen molar-refractivity contribution in [1.29, 1.82) is 0 Å². The van der Waals surface area contributed by atoms with Crippen molar-refractivity contribution in [2.75, 3.05) is 13.7 Å². The fraction of sp³-hybridized carbons (Fsp3) is 0.150. The van der Waals surface area contributed by atoms with Gasteiger partial charge in [0.05, 0.1) is 30.6 Å². The van der Waals surface area contributed by atoms with Crippen molar-refractivity contribution in [2.24, 2.45) is 0 Å². The molecule has 3 rings (SSSR count). The lowest BCUT2D eigenvalue weighted by Crippen LogP contribution is -2.44. The van der Waals surface area contributed by atoms with Crippen molar-refractivity contribution in [2.45, 2.75) is 6.42 Å². The molecule has 1 aromatic carbocycles. The van der Waals surface area contributed by atoms with E-state index in [0.29, 0.717) is 27.5 Å². The highest BCUT2D eigenvalue weighted by molar-refractivity contribution is 8.26. The smallest absolute Gasteiger partial charge is 0.306 e. The summed E-state index contributed by atoms with van der Waals surface area (Å²) in [5.74, 6) is -1.16. The van der Waals surface area contributed by atoms with Crippen LogP contribution in [0.5, 0.6) is 11.5 Å². The summed E-state index contributed by atoms with van der Waals surface area (Å²) in [4.78, 5) is 39.8. The van der Waals surface area contributed by atoms with Gasteiger partial charge in [-0.3, -0.25) is 24.8 Å². The van der Waals surface area contributed by atoms with Gasteiger partial charge in [0.25, 0.3) is 11.8 Å². The zero-order valence-corrected chi connectivity index (χ0v) is 17.9. The third-order valence-corrected chi connectivity index (χ3v) is 5.29. The van der Waals surface area contributed by atoms with E-state index in [0.717, 1.165) is 16.8 Å². The van der Waals surface area contributed by atoms with Crippen LogP contribution in [0, 0.1) is 0 Å². The van der Waals surface area contributed by atoms with Crippen LogP contribution in [0.3, 0.4) is 0 Å². The van der Waals surface area contributed by atoms with Gasteiger partial charge in [-0.05, 0) is 48.1 Å². The Labute approximate surface area is 187 Å². The highest BCUT2D eigenvalue weighted by atomic mass is 32.2. The molecule has 0 bridgehead atoms. The van der Waals surface area contributed by atoms with E-state index >= 15 is 0 Å². The van der Waals surface area contributed by atoms with Crippen LogP contribution < -0.4 is 14.9 Å². The van der Waals surface area contributed by atoms with Gasteiger partial charge in [0.2, 0.25) is 0 Å². The Morgan fingerprint density at radius 1 is 1.32 bits per heavy atom. The van der Waals surface area contributed by atoms with Gasteiger partial charge < -0.3 is 14.6 Å². The Hall–Kier alpha value is -3.44. The second kappa shape index (κ2) is 10.0. The molecule has 9 nitrogen and oxygen atoms in total. The van der Waals surface area contributed by atoms with E-state index in [1.807, 2.05) is 0 Å². The van der Waals surface area contributed by atoms with E-state index in [2.05, 4.69) is 10.4 Å². The van der Waals surface area contributed by atoms with Crippen LogP contribution in [0.15, 0.2) is 47.6 Å². The standard InChI is InChI=1S/C20H17N3O6S2/c1-28-15-9-12(4-5-14(15)29-8-6-17(24)25)10-16-19(27)23(20(30)31-16)22-18(26)13-3-2-7-21-11-13/h2-5,7,9-11H,6,8H2,1H3,(H,22,26)(H,24,25)/b16-10+. The highest BCUT2D eigenvalue weighted by Gasteiger charge is 2.33. The molecule has 0 radical (unpaired) electrons. The number of nitrogens with one attached hydrogen (secondary N) is 1. The Balaban J connectivity index is 1.73. The third-order valence-electron chi connectivity index (χ3n) is 3.99. The van der Waals surface area contributed by atoms with Crippen molar-refractivity contribution in [1.82, 2.24) is 15.4 Å². The Bertz CT molecular complexity index is 1060. The first-order valence-corrected chi connectivity index (χ1v) is 10.1. The molecule has 1 aliphatic rings. The number of pyridine rings is 1. The Kier molecular flexibility index (Phi) is 7.21. The van der Waals surface area contributed by atoms with Crippen molar-refractivity contribution in [3.05, 3.63) is 58.8 Å². The minimum absolute atomic E-state index is 0.000327. The number of aliphatic carboxylic acids is 1. The van der Waals surface area contributed by atoms with E-state index in [1.54, 1.807) is 36.4 Å². The molecule has 2 aromatic rings. The predicted molar refractivity (Wildman–Crippen MR) is 117 cm³/mol. The van der Waals surface area contributed by atoms with Gasteiger partial charge in [-0.15, -0.1) is 0 Å². The molecule has 2 N–H and O–H groups in total. The van der Waals surface area contributed by atoms with Crippen molar-refractivity contribution < 1.29 is 29.0 Å². The average molecular weight is 460 g/mol. The van der Waals surface area contributed by atoms with E-state index in [9.17, 15) is 14.4 Å². The van der Waals surface area contributed by atoms with Gasteiger partial charge in [-0.25, -0.2) is 0 Å². The molecule has 0 unspecified atom stereocenters. The fourth-order valence-electron chi connectivity index (χ4n) is 2.52. The number of thioether (sulfide) groups is 1. The summed E-state index contributed by atoms with van der Waals surface area (Å²) in [6.07, 6.45) is 4.39. The maximum absolute atomic E-state index is 12.7. The number of amides is 2. The summed E-state index contributed by atoms with van der Waals surface area (Å²) in [6, 6.07) is 8.15. The number of carbonyl (C=O) groups excluding carboxylic acids is 2. The lowest BCUT2D eigenvalue weighted by Gasteiger charge is -2.15. The van der Waals surface area contributed by atoms with Gasteiger partial charge in [-0.1, -0.05) is 17.8 Å². The van der Waals surface area contributed by atoms with Crippen LogP contribution in [-0.4, -0.2) is 50.9 Å². The minimum atomic E-state index is -0.965. The summed E-state index contributed by atoms with van der Waals surface area (Å²) in [6.45, 7) is 0.000327. The fourth-order valence-corrected chi connectivity index (χ4v) is 3.70. The summed E-state index contributed by atoms with van der Waals surface area (Å²) < 4.78 is 10.9. The first kappa shape index (κ1) is 22.2. The molecule has 1 saturated heterocycles. The van der Waals surface area contributed by atoms with Crippen molar-refractivity contribution >= 4 is 52.2 Å². The van der Waals surface area contributed by atoms with Gasteiger partial charge in [0.15, 0.2) is 15.8 Å². The first-order valence-electron chi connectivity index (χ1n) is 8.90. The first-order chi connectivity index (χ1) is 14.9. The molecule has 0 atom stereocenters. The maximum Gasteiger partial charge on any atom is 0.306 e. The molecule has 1 fully saturated rings. The summed E-state index contributed by atoms with van der Waals surface area (Å²) in [7, 11) is 1.45. The predicted octanol–water partition coefficient (Wildman–Crippen LogP) is 2.49. The second-order valence-electron chi connectivity index (χ2n) is 6.10. The number of benzene rings is 1. The second-order valence-corrected chi connectivity index (χ2v) is 7.78. The molecule has 0 aliphatic carbocycles. The number of hydrogen-bond acceptors (Lipinski definition) is 8. The monoisotopic (exact) mass is 459 g/mol. The number of carbonyl (C=O) groups is 3. The normalized spacial score (nSPS) is 14.6. The van der Waals surface area contributed by atoms with E-state index in [4.69, 9.17) is 26.8 Å². The number of ether oxygens (including phenoxy) is 2. The van der Waals surface area contributed by atoms with Gasteiger partial charge in [-0.2, -0.15) is 5.01 Å². The van der Waals surface area contributed by atoms with E-state index in [-0.39, 0.29) is 17.3 Å². The number of hydrazine groups is 1. The number of thiocarbonyl (C=S) groups is 1. The molecule has 0 saturated carbocycles. The zero-order chi connectivity index (χ0) is 22.4. The average Bonchev–Trinajstić information content (AvgIpc) is 3.02. The topological polar surface area (TPSA) is 118 Å².